The molecule has 1 fully saturated rings. The van der Waals surface area contributed by atoms with Gasteiger partial charge in [0.2, 0.25) is 15.9 Å². The molecular formula is C18H27N3O5S. The van der Waals surface area contributed by atoms with Gasteiger partial charge in [-0.3, -0.25) is 4.79 Å². The first-order valence-corrected chi connectivity index (χ1v) is 10.7. The van der Waals surface area contributed by atoms with Crippen LogP contribution in [0.15, 0.2) is 23.1 Å². The van der Waals surface area contributed by atoms with Crippen LogP contribution in [0.2, 0.25) is 0 Å². The quantitative estimate of drug-likeness (QED) is 0.729. The number of likely N-dealkylation sites (N-methyl/N-ethyl adjacent to an activating group) is 1. The van der Waals surface area contributed by atoms with Gasteiger partial charge in [0, 0.05) is 37.7 Å². The third-order valence-corrected chi connectivity index (χ3v) is 6.95. The van der Waals surface area contributed by atoms with Gasteiger partial charge in [0.15, 0.2) is 11.5 Å². The van der Waals surface area contributed by atoms with Crippen LogP contribution in [-0.4, -0.2) is 64.6 Å². The van der Waals surface area contributed by atoms with E-state index in [1.165, 1.54) is 10.4 Å². The zero-order valence-corrected chi connectivity index (χ0v) is 16.5. The summed E-state index contributed by atoms with van der Waals surface area (Å²) in [5.74, 6) is 0.857. The van der Waals surface area contributed by atoms with Gasteiger partial charge in [-0.05, 0) is 38.9 Å². The summed E-state index contributed by atoms with van der Waals surface area (Å²) in [5, 5.41) is 5.99. The van der Waals surface area contributed by atoms with E-state index in [2.05, 4.69) is 10.6 Å². The van der Waals surface area contributed by atoms with Crippen LogP contribution in [0.3, 0.4) is 0 Å². The Labute approximate surface area is 160 Å². The molecule has 2 aliphatic heterocycles. The van der Waals surface area contributed by atoms with Gasteiger partial charge in [0.1, 0.15) is 13.2 Å². The fraction of sp³-hybridized carbons (Fsp3) is 0.611. The molecule has 0 saturated carbocycles. The number of nitrogens with one attached hydrogen (secondary N) is 2. The highest BCUT2D eigenvalue weighted by Crippen LogP contribution is 2.34. The molecule has 9 heteroatoms. The Morgan fingerprint density at radius 1 is 1.22 bits per heavy atom. The number of carbonyl (C=O) groups excluding carboxylic acids is 1. The first kappa shape index (κ1) is 19.9. The minimum Gasteiger partial charge on any atom is -0.486 e. The summed E-state index contributed by atoms with van der Waals surface area (Å²) < 4.78 is 38.2. The maximum Gasteiger partial charge on any atom is 0.243 e. The number of hydrogen-bond donors (Lipinski definition) is 2. The number of fused-ring (bicyclic) bond motifs is 1. The van der Waals surface area contributed by atoms with Crippen molar-refractivity contribution in [2.45, 2.75) is 30.7 Å². The zero-order chi connectivity index (χ0) is 19.4. The summed E-state index contributed by atoms with van der Waals surface area (Å²) in [4.78, 5) is 12.5. The van der Waals surface area contributed by atoms with Crippen LogP contribution in [0.5, 0.6) is 11.5 Å². The number of carbonyl (C=O) groups is 1. The summed E-state index contributed by atoms with van der Waals surface area (Å²) in [6, 6.07) is 4.89. The summed E-state index contributed by atoms with van der Waals surface area (Å²) in [5.41, 5.74) is 0. The summed E-state index contributed by atoms with van der Waals surface area (Å²) in [6.07, 6.45) is 1.03. The SMILES string of the molecule is CNC(C)CNC(=O)C1CCN(S(=O)(=O)c2ccc3c(c2)OCCO3)CC1. The van der Waals surface area contributed by atoms with Crippen molar-refractivity contribution < 1.29 is 22.7 Å². The fourth-order valence-electron chi connectivity index (χ4n) is 3.19. The first-order valence-electron chi connectivity index (χ1n) is 9.26. The van der Waals surface area contributed by atoms with Crippen molar-refractivity contribution >= 4 is 15.9 Å². The van der Waals surface area contributed by atoms with Crippen molar-refractivity contribution in [3.8, 4) is 11.5 Å². The molecule has 1 aromatic rings. The van der Waals surface area contributed by atoms with Crippen LogP contribution in [0.4, 0.5) is 0 Å². The van der Waals surface area contributed by atoms with E-state index in [1.54, 1.807) is 12.1 Å². The van der Waals surface area contributed by atoms with Crippen LogP contribution in [0.25, 0.3) is 0 Å². The van der Waals surface area contributed by atoms with Crippen LogP contribution in [0, 0.1) is 5.92 Å². The third kappa shape index (κ3) is 4.53. The molecule has 8 nitrogen and oxygen atoms in total. The Morgan fingerprint density at radius 3 is 2.56 bits per heavy atom. The molecule has 2 aliphatic rings. The molecule has 1 amide bonds. The lowest BCUT2D eigenvalue weighted by Gasteiger charge is -2.31. The third-order valence-electron chi connectivity index (χ3n) is 5.05. The standard InChI is InChI=1S/C18H27N3O5S/c1-13(19-2)12-20-18(22)14-5-7-21(8-6-14)27(23,24)15-3-4-16-17(11-15)26-10-9-25-16/h3-4,11,13-14,19H,5-10,12H2,1-2H3,(H,20,22). The number of ether oxygens (including phenoxy) is 2. The molecule has 27 heavy (non-hydrogen) atoms. The van der Waals surface area contributed by atoms with E-state index >= 15 is 0 Å². The number of sulfonamides is 1. The van der Waals surface area contributed by atoms with E-state index in [1.807, 2.05) is 14.0 Å². The first-order chi connectivity index (χ1) is 12.9. The molecule has 0 spiro atoms. The summed E-state index contributed by atoms with van der Waals surface area (Å²) in [6.45, 7) is 4.08. The van der Waals surface area contributed by atoms with Crippen molar-refractivity contribution in [3.05, 3.63) is 18.2 Å². The van der Waals surface area contributed by atoms with Gasteiger partial charge in [-0.25, -0.2) is 8.42 Å². The maximum absolute atomic E-state index is 12.9. The zero-order valence-electron chi connectivity index (χ0n) is 15.7. The highest BCUT2D eigenvalue weighted by Gasteiger charge is 2.32. The molecule has 2 heterocycles. The molecule has 1 unspecified atom stereocenters. The minimum atomic E-state index is -3.62. The van der Waals surface area contributed by atoms with Crippen LogP contribution >= 0.6 is 0 Å². The van der Waals surface area contributed by atoms with Crippen molar-refractivity contribution in [1.29, 1.82) is 0 Å². The van der Waals surface area contributed by atoms with E-state index < -0.39 is 10.0 Å². The molecule has 0 aromatic heterocycles. The minimum absolute atomic E-state index is 0.00604. The number of benzene rings is 1. The van der Waals surface area contributed by atoms with E-state index in [0.29, 0.717) is 57.2 Å². The van der Waals surface area contributed by atoms with Gasteiger partial charge in [0.25, 0.3) is 0 Å². The van der Waals surface area contributed by atoms with Crippen molar-refractivity contribution in [2.75, 3.05) is 39.9 Å². The van der Waals surface area contributed by atoms with Crippen LogP contribution in [-0.2, 0) is 14.8 Å². The maximum atomic E-state index is 12.9. The summed E-state index contributed by atoms with van der Waals surface area (Å²) in [7, 11) is -1.77. The number of nitrogens with zero attached hydrogens (tertiary/aromatic N) is 1. The lowest BCUT2D eigenvalue weighted by molar-refractivity contribution is -0.126. The number of hydrogen-bond acceptors (Lipinski definition) is 6. The lowest BCUT2D eigenvalue weighted by Crippen LogP contribution is -2.45. The van der Waals surface area contributed by atoms with E-state index in [0.717, 1.165) is 0 Å². The van der Waals surface area contributed by atoms with Gasteiger partial charge in [-0.15, -0.1) is 0 Å². The molecule has 150 valence electrons. The molecule has 2 N–H and O–H groups in total. The molecule has 0 bridgehead atoms. The van der Waals surface area contributed by atoms with E-state index in [9.17, 15) is 13.2 Å². The monoisotopic (exact) mass is 397 g/mol. The Balaban J connectivity index is 1.60. The molecule has 3 rings (SSSR count). The van der Waals surface area contributed by atoms with Gasteiger partial charge in [0.05, 0.1) is 4.90 Å². The summed E-state index contributed by atoms with van der Waals surface area (Å²) >= 11 is 0. The fourth-order valence-corrected chi connectivity index (χ4v) is 4.68. The Bertz CT molecular complexity index is 775. The van der Waals surface area contributed by atoms with E-state index in [-0.39, 0.29) is 22.8 Å². The normalized spacial score (nSPS) is 19.5. The Kier molecular flexibility index (Phi) is 6.23. The number of amides is 1. The second-order valence-corrected chi connectivity index (χ2v) is 8.86. The van der Waals surface area contributed by atoms with Crippen molar-refractivity contribution in [1.82, 2.24) is 14.9 Å². The Hall–Kier alpha value is -1.84. The average molecular weight is 397 g/mol. The lowest BCUT2D eigenvalue weighted by atomic mass is 9.97. The molecule has 1 aromatic carbocycles. The largest absolute Gasteiger partial charge is 0.486 e. The predicted molar refractivity (Wildman–Crippen MR) is 100 cm³/mol. The second kappa shape index (κ2) is 8.45. The molecule has 1 atom stereocenters. The average Bonchev–Trinajstić information content (AvgIpc) is 2.71. The highest BCUT2D eigenvalue weighted by molar-refractivity contribution is 7.89. The number of rotatable bonds is 6. The predicted octanol–water partition coefficient (Wildman–Crippen LogP) is 0.583. The van der Waals surface area contributed by atoms with Gasteiger partial charge in [-0.2, -0.15) is 4.31 Å². The molecular weight excluding hydrogens is 370 g/mol. The van der Waals surface area contributed by atoms with Gasteiger partial charge in [-0.1, -0.05) is 0 Å². The smallest absolute Gasteiger partial charge is 0.243 e. The Morgan fingerprint density at radius 2 is 1.89 bits per heavy atom. The highest BCUT2D eigenvalue weighted by atomic mass is 32.2. The second-order valence-electron chi connectivity index (χ2n) is 6.92. The molecule has 0 aliphatic carbocycles. The molecule has 1 saturated heterocycles. The van der Waals surface area contributed by atoms with Gasteiger partial charge >= 0.3 is 0 Å². The van der Waals surface area contributed by atoms with E-state index in [4.69, 9.17) is 9.47 Å². The molecule has 0 radical (unpaired) electrons. The van der Waals surface area contributed by atoms with Gasteiger partial charge < -0.3 is 20.1 Å². The topological polar surface area (TPSA) is 97.0 Å². The van der Waals surface area contributed by atoms with Crippen molar-refractivity contribution in [3.63, 3.8) is 0 Å². The van der Waals surface area contributed by atoms with Crippen LogP contribution < -0.4 is 20.1 Å². The number of piperidine rings is 1. The van der Waals surface area contributed by atoms with Crippen molar-refractivity contribution in [2.24, 2.45) is 5.92 Å². The van der Waals surface area contributed by atoms with Crippen LogP contribution in [0.1, 0.15) is 19.8 Å².